The lowest BCUT2D eigenvalue weighted by atomic mass is 9.43. The number of hydrogen-bond donors (Lipinski definition) is 1. The number of para-hydroxylation sites is 1. The fourth-order valence-corrected chi connectivity index (χ4v) is 8.84. The van der Waals surface area contributed by atoms with Crippen molar-refractivity contribution in [3.8, 4) is 0 Å². The van der Waals surface area contributed by atoms with Crippen molar-refractivity contribution in [1.29, 1.82) is 0 Å². The van der Waals surface area contributed by atoms with E-state index in [2.05, 4.69) is 50.4 Å². The Balaban J connectivity index is 1.00. The van der Waals surface area contributed by atoms with Crippen molar-refractivity contribution in [2.45, 2.75) is 82.5 Å². The van der Waals surface area contributed by atoms with E-state index in [1.165, 1.54) is 17.5 Å². The van der Waals surface area contributed by atoms with Crippen molar-refractivity contribution < 1.29 is 28.0 Å². The standard InChI is InChI=1S/C35H40BNO6/c1-33(2)25-18-29(33)34(3)30(19-25)42-36(43-34)31(17-24-21-40-28-7-5-4-6-26(24)28)37-32(38)41-20-22-8-9-23-10-11-35(27(23)16-22)12-14-39-15-13-35/h4-11,16,21,25,29-31H,12-15,17-20H2,1-3H3,(H,37,38)/t25-,29-,30+,31-,34-/m0/s1. The average Bonchev–Trinajstić information content (AvgIpc) is 3.69. The topological polar surface area (TPSA) is 79.2 Å². The number of hydrogen-bond acceptors (Lipinski definition) is 6. The molecule has 1 aromatic heterocycles. The number of furan rings is 1. The van der Waals surface area contributed by atoms with Gasteiger partial charge in [-0.1, -0.05) is 62.4 Å². The molecule has 43 heavy (non-hydrogen) atoms. The summed E-state index contributed by atoms with van der Waals surface area (Å²) in [6.45, 7) is 8.64. The molecule has 8 heteroatoms. The van der Waals surface area contributed by atoms with Gasteiger partial charge in [-0.15, -0.1) is 0 Å². The van der Waals surface area contributed by atoms with Crippen LogP contribution in [0.25, 0.3) is 17.0 Å². The Morgan fingerprint density at radius 1 is 1.12 bits per heavy atom. The molecule has 2 aromatic carbocycles. The highest BCUT2D eigenvalue weighted by Crippen LogP contribution is 2.65. The molecule has 2 bridgehead atoms. The summed E-state index contributed by atoms with van der Waals surface area (Å²) in [5.41, 5.74) is 5.26. The summed E-state index contributed by atoms with van der Waals surface area (Å²) in [5, 5.41) is 4.16. The van der Waals surface area contributed by atoms with Gasteiger partial charge in [-0.05, 0) is 84.6 Å². The van der Waals surface area contributed by atoms with Crippen molar-refractivity contribution in [1.82, 2.24) is 5.32 Å². The van der Waals surface area contributed by atoms with Crippen LogP contribution >= 0.6 is 0 Å². The maximum Gasteiger partial charge on any atom is 0.482 e. The van der Waals surface area contributed by atoms with Gasteiger partial charge in [0.25, 0.3) is 0 Å². The predicted molar refractivity (Wildman–Crippen MR) is 164 cm³/mol. The van der Waals surface area contributed by atoms with E-state index in [0.29, 0.717) is 18.3 Å². The molecule has 3 aromatic rings. The lowest BCUT2D eigenvalue weighted by molar-refractivity contribution is -0.199. The Morgan fingerprint density at radius 2 is 1.95 bits per heavy atom. The minimum Gasteiger partial charge on any atom is -0.464 e. The summed E-state index contributed by atoms with van der Waals surface area (Å²) in [6.07, 6.45) is 10.5. The molecule has 0 unspecified atom stereocenters. The van der Waals surface area contributed by atoms with Crippen molar-refractivity contribution in [3.63, 3.8) is 0 Å². The number of nitrogens with one attached hydrogen (secondary N) is 1. The molecule has 9 rings (SSSR count). The van der Waals surface area contributed by atoms with Crippen molar-refractivity contribution >= 4 is 30.3 Å². The first-order chi connectivity index (χ1) is 20.7. The maximum absolute atomic E-state index is 13.4. The number of rotatable bonds is 6. The zero-order valence-corrected chi connectivity index (χ0v) is 25.3. The van der Waals surface area contributed by atoms with Gasteiger partial charge in [-0.2, -0.15) is 0 Å². The van der Waals surface area contributed by atoms with Gasteiger partial charge >= 0.3 is 13.2 Å². The molecule has 2 aliphatic heterocycles. The SMILES string of the molecule is CC1(C)[C@@H]2C[C@H]3OB([C@H](Cc4coc5ccccc45)NC(=O)OCc4ccc5c(c4)C4(C=C5)CCOCC4)O[C@@]3(C)[C@H]1C2. The van der Waals surface area contributed by atoms with Gasteiger partial charge < -0.3 is 28.5 Å². The first kappa shape index (κ1) is 27.5. The second-order valence-corrected chi connectivity index (χ2v) is 14.1. The molecule has 7 nitrogen and oxygen atoms in total. The predicted octanol–water partition coefficient (Wildman–Crippen LogP) is 6.61. The normalized spacial score (nSPS) is 30.1. The van der Waals surface area contributed by atoms with Gasteiger partial charge in [0.05, 0.1) is 23.9 Å². The zero-order valence-electron chi connectivity index (χ0n) is 25.3. The second kappa shape index (κ2) is 9.98. The van der Waals surface area contributed by atoms with E-state index in [-0.39, 0.29) is 29.1 Å². The van der Waals surface area contributed by atoms with Crippen molar-refractivity contribution in [2.24, 2.45) is 17.3 Å². The lowest BCUT2D eigenvalue weighted by Gasteiger charge is -2.64. The highest BCUT2D eigenvalue weighted by molar-refractivity contribution is 6.48. The Bertz CT molecular complexity index is 1590. The smallest absolute Gasteiger partial charge is 0.464 e. The van der Waals surface area contributed by atoms with Crippen LogP contribution in [0.4, 0.5) is 4.79 Å². The fourth-order valence-electron chi connectivity index (χ4n) is 8.84. The van der Waals surface area contributed by atoms with Gasteiger partial charge in [0, 0.05) is 24.0 Å². The number of carbonyl (C=O) groups is 1. The number of benzene rings is 2. The number of alkyl carbamates (subject to hydrolysis) is 1. The minimum absolute atomic E-state index is 0.0215. The van der Waals surface area contributed by atoms with Crippen LogP contribution < -0.4 is 5.32 Å². The first-order valence-electron chi connectivity index (χ1n) is 15.9. The van der Waals surface area contributed by atoms with Crippen LogP contribution in [0.1, 0.15) is 68.7 Å². The molecule has 5 fully saturated rings. The summed E-state index contributed by atoms with van der Waals surface area (Å²) in [7, 11) is -0.578. The number of allylic oxidation sites excluding steroid dienone is 1. The number of amides is 1. The van der Waals surface area contributed by atoms with E-state index in [1.807, 2.05) is 30.3 Å². The summed E-state index contributed by atoms with van der Waals surface area (Å²) in [5.74, 6) is 0.644. The second-order valence-electron chi connectivity index (χ2n) is 14.1. The minimum atomic E-state index is -0.578. The van der Waals surface area contributed by atoms with E-state index >= 15 is 0 Å². The highest BCUT2D eigenvalue weighted by Gasteiger charge is 2.68. The molecule has 2 saturated heterocycles. The Kier molecular flexibility index (Phi) is 6.38. The molecule has 1 N–H and O–H groups in total. The van der Waals surface area contributed by atoms with Gasteiger partial charge in [0.1, 0.15) is 12.2 Å². The monoisotopic (exact) mass is 581 g/mol. The Morgan fingerprint density at radius 3 is 2.79 bits per heavy atom. The number of ether oxygens (including phenoxy) is 2. The van der Waals surface area contributed by atoms with Crippen LogP contribution in [-0.2, 0) is 37.2 Å². The zero-order chi connectivity index (χ0) is 29.4. The largest absolute Gasteiger partial charge is 0.482 e. The first-order valence-corrected chi connectivity index (χ1v) is 15.9. The van der Waals surface area contributed by atoms with Gasteiger partial charge in [-0.3, -0.25) is 0 Å². The maximum atomic E-state index is 13.4. The Hall–Kier alpha value is -3.07. The van der Waals surface area contributed by atoms with E-state index in [9.17, 15) is 4.79 Å². The summed E-state index contributed by atoms with van der Waals surface area (Å²) >= 11 is 0. The van der Waals surface area contributed by atoms with Crippen molar-refractivity contribution in [3.05, 3.63) is 77.1 Å². The quantitative estimate of drug-likeness (QED) is 0.330. The molecule has 3 heterocycles. The van der Waals surface area contributed by atoms with Crippen LogP contribution in [0.2, 0.25) is 0 Å². The van der Waals surface area contributed by atoms with E-state index in [1.54, 1.807) is 6.26 Å². The molecule has 1 spiro atoms. The summed E-state index contributed by atoms with van der Waals surface area (Å²) < 4.78 is 30.7. The van der Waals surface area contributed by atoms with Crippen LogP contribution in [0, 0.1) is 17.3 Å². The summed E-state index contributed by atoms with van der Waals surface area (Å²) in [6, 6.07) is 14.4. The molecule has 0 radical (unpaired) electrons. The molecule has 224 valence electrons. The average molecular weight is 582 g/mol. The Labute approximate surface area is 253 Å². The number of carbonyl (C=O) groups excluding carboxylic acids is 1. The van der Waals surface area contributed by atoms with Crippen molar-refractivity contribution in [2.75, 3.05) is 13.2 Å². The van der Waals surface area contributed by atoms with E-state index in [0.717, 1.165) is 54.6 Å². The third-order valence-corrected chi connectivity index (χ3v) is 11.6. The van der Waals surface area contributed by atoms with Crippen LogP contribution in [0.5, 0.6) is 0 Å². The van der Waals surface area contributed by atoms with Crippen LogP contribution in [0.3, 0.4) is 0 Å². The van der Waals surface area contributed by atoms with Gasteiger partial charge in [0.15, 0.2) is 0 Å². The third kappa shape index (κ3) is 4.39. The van der Waals surface area contributed by atoms with Crippen LogP contribution in [0.15, 0.2) is 59.2 Å². The van der Waals surface area contributed by atoms with Gasteiger partial charge in [0.2, 0.25) is 0 Å². The molecular formula is C35H40BNO6. The molecule has 1 amide bonds. The molecule has 3 saturated carbocycles. The van der Waals surface area contributed by atoms with E-state index < -0.39 is 19.2 Å². The molecule has 4 aliphatic carbocycles. The highest BCUT2D eigenvalue weighted by atomic mass is 16.7. The fraction of sp³-hybridized carbons (Fsp3) is 0.514. The summed E-state index contributed by atoms with van der Waals surface area (Å²) in [4.78, 5) is 13.4. The molecule has 6 aliphatic rings. The van der Waals surface area contributed by atoms with Crippen LogP contribution in [-0.4, -0.2) is 44.1 Å². The van der Waals surface area contributed by atoms with E-state index in [4.69, 9.17) is 23.2 Å². The third-order valence-electron chi connectivity index (χ3n) is 11.6. The number of fused-ring (bicyclic) bond motifs is 3. The van der Waals surface area contributed by atoms with Gasteiger partial charge in [-0.25, -0.2) is 4.79 Å². The lowest BCUT2D eigenvalue weighted by Crippen LogP contribution is -2.65. The molecule has 5 atom stereocenters. The molecular weight excluding hydrogens is 541 g/mol.